The minimum Gasteiger partial charge on any atom is -0.315 e. The Morgan fingerprint density at radius 2 is 1.59 bits per heavy atom. The number of carbonyl (C=O) groups is 1. The highest BCUT2D eigenvalue weighted by atomic mass is 16.6. The predicted molar refractivity (Wildman–Crippen MR) is 58.8 cm³/mol. The van der Waals surface area contributed by atoms with Gasteiger partial charge in [0, 0.05) is 19.1 Å². The molecule has 0 unspecified atom stereocenters. The summed E-state index contributed by atoms with van der Waals surface area (Å²) >= 11 is 0. The van der Waals surface area contributed by atoms with Crippen LogP contribution in [-0.4, -0.2) is 15.8 Å². The van der Waals surface area contributed by atoms with Gasteiger partial charge in [-0.05, 0) is 12.5 Å². The van der Waals surface area contributed by atoms with E-state index in [9.17, 15) is 25.0 Å². The second kappa shape index (κ2) is 4.56. The average Bonchev–Trinajstić information content (AvgIpc) is 2.18. The van der Waals surface area contributed by atoms with Crippen molar-refractivity contribution in [2.75, 3.05) is 5.32 Å². The second-order valence-corrected chi connectivity index (χ2v) is 3.37. The number of rotatable bonds is 3. The molecule has 0 radical (unpaired) electrons. The van der Waals surface area contributed by atoms with Crippen molar-refractivity contribution in [1.82, 2.24) is 0 Å². The molecule has 90 valence electrons. The number of hydrogen-bond acceptors (Lipinski definition) is 5. The number of nitro groups is 2. The fourth-order valence-electron chi connectivity index (χ4n) is 1.34. The Bertz CT molecular complexity index is 476. The van der Waals surface area contributed by atoms with Crippen LogP contribution < -0.4 is 5.32 Å². The minimum absolute atomic E-state index is 0.373. The number of nitro benzene ring substituents is 2. The van der Waals surface area contributed by atoms with Crippen molar-refractivity contribution in [3.63, 3.8) is 0 Å². The van der Waals surface area contributed by atoms with E-state index in [1.54, 1.807) is 0 Å². The molecule has 0 saturated heterocycles. The van der Waals surface area contributed by atoms with Gasteiger partial charge in [-0.25, -0.2) is 0 Å². The molecule has 1 aromatic rings. The highest BCUT2D eigenvalue weighted by Gasteiger charge is 2.26. The minimum atomic E-state index is -0.773. The second-order valence-electron chi connectivity index (χ2n) is 3.37. The van der Waals surface area contributed by atoms with Gasteiger partial charge in [0.1, 0.15) is 0 Å². The third kappa shape index (κ3) is 2.74. The van der Waals surface area contributed by atoms with E-state index in [-0.39, 0.29) is 0 Å². The lowest BCUT2D eigenvalue weighted by atomic mass is 10.1. The molecule has 1 amide bonds. The Kier molecular flexibility index (Phi) is 3.37. The lowest BCUT2D eigenvalue weighted by Gasteiger charge is -2.05. The van der Waals surface area contributed by atoms with Crippen molar-refractivity contribution in [1.29, 1.82) is 0 Å². The van der Waals surface area contributed by atoms with Crippen molar-refractivity contribution in [2.45, 2.75) is 13.8 Å². The Morgan fingerprint density at radius 3 is 1.88 bits per heavy atom. The number of carbonyl (C=O) groups excluding carboxylic acids is 1. The summed E-state index contributed by atoms with van der Waals surface area (Å²) < 4.78 is 0. The monoisotopic (exact) mass is 239 g/mol. The number of aryl methyl sites for hydroxylation is 1. The van der Waals surface area contributed by atoms with Crippen LogP contribution in [0.1, 0.15) is 12.5 Å². The lowest BCUT2D eigenvalue weighted by molar-refractivity contribution is -0.392. The van der Waals surface area contributed by atoms with Gasteiger partial charge < -0.3 is 5.32 Å². The molecule has 0 aliphatic heterocycles. The fraction of sp³-hybridized carbons (Fsp3) is 0.222. The van der Waals surface area contributed by atoms with Crippen LogP contribution in [0.5, 0.6) is 0 Å². The van der Waals surface area contributed by atoms with Gasteiger partial charge in [0.25, 0.3) is 11.4 Å². The van der Waals surface area contributed by atoms with E-state index >= 15 is 0 Å². The van der Waals surface area contributed by atoms with Gasteiger partial charge in [-0.1, -0.05) is 0 Å². The number of anilines is 1. The summed E-state index contributed by atoms with van der Waals surface area (Å²) in [5, 5.41) is 23.6. The first-order valence-corrected chi connectivity index (χ1v) is 4.54. The lowest BCUT2D eigenvalue weighted by Crippen LogP contribution is -2.10. The molecule has 0 bridgehead atoms. The van der Waals surface area contributed by atoms with Crippen molar-refractivity contribution in [2.24, 2.45) is 0 Å². The van der Waals surface area contributed by atoms with E-state index in [0.29, 0.717) is 5.56 Å². The van der Waals surface area contributed by atoms with Crippen LogP contribution in [0.25, 0.3) is 0 Å². The Morgan fingerprint density at radius 1 is 1.18 bits per heavy atom. The average molecular weight is 239 g/mol. The van der Waals surface area contributed by atoms with Crippen LogP contribution in [0.4, 0.5) is 17.1 Å². The first-order valence-electron chi connectivity index (χ1n) is 4.54. The first kappa shape index (κ1) is 12.6. The maximum Gasteiger partial charge on any atom is 0.300 e. The number of benzene rings is 1. The molecule has 0 aliphatic rings. The van der Waals surface area contributed by atoms with Gasteiger partial charge in [0.05, 0.1) is 9.85 Å². The Hall–Kier alpha value is -2.51. The van der Waals surface area contributed by atoms with Gasteiger partial charge in [-0.2, -0.15) is 0 Å². The van der Waals surface area contributed by atoms with Crippen LogP contribution in [-0.2, 0) is 4.79 Å². The summed E-state index contributed by atoms with van der Waals surface area (Å²) in [4.78, 5) is 30.9. The van der Waals surface area contributed by atoms with Crippen LogP contribution in [0.3, 0.4) is 0 Å². The SMILES string of the molecule is CC(=O)Nc1c([N+](=O)[O-])cc(C)cc1[N+](=O)[O-]. The van der Waals surface area contributed by atoms with Crippen LogP contribution in [0.2, 0.25) is 0 Å². The number of amides is 1. The van der Waals surface area contributed by atoms with Crippen molar-refractivity contribution in [3.05, 3.63) is 37.9 Å². The number of nitrogens with zero attached hydrogens (tertiary/aromatic N) is 2. The molecule has 0 fully saturated rings. The van der Waals surface area contributed by atoms with E-state index in [1.807, 2.05) is 0 Å². The summed E-state index contributed by atoms with van der Waals surface area (Å²) in [6, 6.07) is 2.33. The molecule has 0 aromatic heterocycles. The van der Waals surface area contributed by atoms with E-state index in [0.717, 1.165) is 19.1 Å². The quantitative estimate of drug-likeness (QED) is 0.637. The largest absolute Gasteiger partial charge is 0.315 e. The molecule has 0 spiro atoms. The summed E-state index contributed by atoms with van der Waals surface area (Å²) in [5.74, 6) is -0.611. The van der Waals surface area contributed by atoms with Gasteiger partial charge in [0.2, 0.25) is 5.91 Å². The van der Waals surface area contributed by atoms with Crippen molar-refractivity contribution in [3.8, 4) is 0 Å². The molecule has 0 heterocycles. The van der Waals surface area contributed by atoms with Crippen molar-refractivity contribution >= 4 is 23.0 Å². The Labute approximate surface area is 95.5 Å². The van der Waals surface area contributed by atoms with E-state index in [2.05, 4.69) is 5.32 Å². The fourth-order valence-corrected chi connectivity index (χ4v) is 1.34. The molecule has 0 aliphatic carbocycles. The molecule has 1 N–H and O–H groups in total. The molecule has 8 nitrogen and oxygen atoms in total. The Balaban J connectivity index is 3.52. The normalized spacial score (nSPS) is 9.76. The zero-order valence-electron chi connectivity index (χ0n) is 9.09. The van der Waals surface area contributed by atoms with E-state index in [1.165, 1.54) is 6.92 Å². The van der Waals surface area contributed by atoms with Crippen molar-refractivity contribution < 1.29 is 14.6 Å². The highest BCUT2D eigenvalue weighted by molar-refractivity contribution is 5.94. The molecule has 1 aromatic carbocycles. The standard InChI is InChI=1S/C9H9N3O5/c1-5-3-7(11(14)15)9(10-6(2)13)8(4-5)12(16)17/h3-4H,1-2H3,(H,10,13). The first-order chi connectivity index (χ1) is 7.82. The molecular formula is C9H9N3O5. The highest BCUT2D eigenvalue weighted by Crippen LogP contribution is 2.35. The summed E-state index contributed by atoms with van der Waals surface area (Å²) in [6.07, 6.45) is 0. The van der Waals surface area contributed by atoms with Gasteiger partial charge in [-0.15, -0.1) is 0 Å². The van der Waals surface area contributed by atoms with Gasteiger partial charge >= 0.3 is 0 Å². The van der Waals surface area contributed by atoms with E-state index in [4.69, 9.17) is 0 Å². The van der Waals surface area contributed by atoms with E-state index < -0.39 is 32.8 Å². The van der Waals surface area contributed by atoms with Gasteiger partial charge in [0.15, 0.2) is 5.69 Å². The maximum atomic E-state index is 10.9. The summed E-state index contributed by atoms with van der Waals surface area (Å²) in [7, 11) is 0. The third-order valence-electron chi connectivity index (χ3n) is 1.94. The zero-order valence-corrected chi connectivity index (χ0v) is 9.09. The zero-order chi connectivity index (χ0) is 13.2. The van der Waals surface area contributed by atoms with Crippen LogP contribution >= 0.6 is 0 Å². The summed E-state index contributed by atoms with van der Waals surface area (Å²) in [6.45, 7) is 2.62. The maximum absolute atomic E-state index is 10.9. The third-order valence-corrected chi connectivity index (χ3v) is 1.94. The predicted octanol–water partition coefficient (Wildman–Crippen LogP) is 1.77. The smallest absolute Gasteiger partial charge is 0.300 e. The molecule has 8 heteroatoms. The molecule has 0 atom stereocenters. The van der Waals surface area contributed by atoms with Crippen LogP contribution in [0, 0.1) is 27.2 Å². The van der Waals surface area contributed by atoms with Crippen LogP contribution in [0.15, 0.2) is 12.1 Å². The molecule has 0 saturated carbocycles. The molecular weight excluding hydrogens is 230 g/mol. The summed E-state index contributed by atoms with van der Waals surface area (Å²) in [5.41, 5.74) is -1.01. The molecule has 17 heavy (non-hydrogen) atoms. The number of hydrogen-bond donors (Lipinski definition) is 1. The number of nitrogens with one attached hydrogen (secondary N) is 1. The molecule has 1 rings (SSSR count). The van der Waals surface area contributed by atoms with Gasteiger partial charge in [-0.3, -0.25) is 25.0 Å². The topological polar surface area (TPSA) is 115 Å².